The van der Waals surface area contributed by atoms with Gasteiger partial charge in [-0.2, -0.15) is 0 Å². The molecule has 0 saturated carbocycles. The molecule has 6 nitrogen and oxygen atoms in total. The lowest BCUT2D eigenvalue weighted by molar-refractivity contribution is -0.113. The van der Waals surface area contributed by atoms with Gasteiger partial charge in [0.2, 0.25) is 0 Å². The maximum Gasteiger partial charge on any atom is 0.291 e. The second kappa shape index (κ2) is 8.13. The Balaban J connectivity index is 1.84. The number of benzene rings is 1. The minimum Gasteiger partial charge on any atom is -0.459 e. The topological polar surface area (TPSA) is 84.2 Å². The number of anilines is 1. The second-order valence-corrected chi connectivity index (χ2v) is 5.67. The summed E-state index contributed by atoms with van der Waals surface area (Å²) in [6, 6.07) is 13.2. The van der Waals surface area contributed by atoms with Crippen LogP contribution in [0.1, 0.15) is 16.1 Å². The lowest BCUT2D eigenvalue weighted by Gasteiger charge is -2.10. The van der Waals surface area contributed by atoms with Crippen LogP contribution in [-0.4, -0.2) is 16.8 Å². The summed E-state index contributed by atoms with van der Waals surface area (Å²) in [5.41, 5.74) is 1.26. The number of carbonyl (C=O) groups excluding carboxylic acids is 2. The lowest BCUT2D eigenvalue weighted by Crippen LogP contribution is -2.30. The normalized spacial score (nSPS) is 11.0. The number of carbonyl (C=O) groups is 2. The molecule has 0 radical (unpaired) electrons. The van der Waals surface area contributed by atoms with Crippen molar-refractivity contribution < 1.29 is 14.0 Å². The minimum atomic E-state index is -0.531. The van der Waals surface area contributed by atoms with E-state index in [1.807, 2.05) is 0 Å². The summed E-state index contributed by atoms with van der Waals surface area (Å²) in [5.74, 6) is -0.922. The largest absolute Gasteiger partial charge is 0.459 e. The van der Waals surface area contributed by atoms with Gasteiger partial charge in [0.15, 0.2) is 5.76 Å². The Bertz CT molecular complexity index is 920. The number of nitrogens with zero attached hydrogens (tertiary/aromatic N) is 1. The maximum absolute atomic E-state index is 12.6. The molecule has 130 valence electrons. The predicted molar refractivity (Wildman–Crippen MR) is 98.5 cm³/mol. The van der Waals surface area contributed by atoms with Gasteiger partial charge in [0, 0.05) is 23.1 Å². The van der Waals surface area contributed by atoms with Crippen LogP contribution >= 0.6 is 11.6 Å². The van der Waals surface area contributed by atoms with Gasteiger partial charge < -0.3 is 15.1 Å². The minimum absolute atomic E-state index is 0.0503. The standard InChI is InChI=1S/C19H14ClN3O3/c20-14-5-7-15(8-6-14)22-18(24)16(11-13-3-1-9-21-12-13)23-19(25)17-4-2-10-26-17/h1-12H,(H,22,24)(H,23,25). The van der Waals surface area contributed by atoms with Crippen LogP contribution in [-0.2, 0) is 4.79 Å². The highest BCUT2D eigenvalue weighted by Gasteiger charge is 2.16. The predicted octanol–water partition coefficient (Wildman–Crippen LogP) is 3.74. The number of furan rings is 1. The Labute approximate surface area is 154 Å². The van der Waals surface area contributed by atoms with Crippen LogP contribution in [0.15, 0.2) is 77.3 Å². The van der Waals surface area contributed by atoms with Crippen molar-refractivity contribution in [3.8, 4) is 0 Å². The molecule has 0 saturated heterocycles. The van der Waals surface area contributed by atoms with Crippen LogP contribution in [0.5, 0.6) is 0 Å². The monoisotopic (exact) mass is 367 g/mol. The van der Waals surface area contributed by atoms with Crippen molar-refractivity contribution in [1.82, 2.24) is 10.3 Å². The number of pyridine rings is 1. The number of rotatable bonds is 5. The first-order chi connectivity index (χ1) is 12.6. The Kier molecular flexibility index (Phi) is 5.46. The fraction of sp³-hybridized carbons (Fsp3) is 0. The molecule has 0 aliphatic rings. The van der Waals surface area contributed by atoms with Crippen molar-refractivity contribution in [1.29, 1.82) is 0 Å². The fourth-order valence-corrected chi connectivity index (χ4v) is 2.24. The number of hydrogen-bond donors (Lipinski definition) is 2. The van der Waals surface area contributed by atoms with Gasteiger partial charge in [0.05, 0.1) is 6.26 Å². The summed E-state index contributed by atoms with van der Waals surface area (Å²) >= 11 is 5.85. The molecule has 2 heterocycles. The van der Waals surface area contributed by atoms with Crippen molar-refractivity contribution in [2.75, 3.05) is 5.32 Å². The van der Waals surface area contributed by atoms with Gasteiger partial charge in [-0.25, -0.2) is 0 Å². The van der Waals surface area contributed by atoms with Gasteiger partial charge in [-0.3, -0.25) is 14.6 Å². The molecule has 0 atom stereocenters. The van der Waals surface area contributed by atoms with Crippen molar-refractivity contribution in [3.05, 3.63) is 89.2 Å². The van der Waals surface area contributed by atoms with E-state index >= 15 is 0 Å². The van der Waals surface area contributed by atoms with Crippen molar-refractivity contribution in [2.24, 2.45) is 0 Å². The van der Waals surface area contributed by atoms with E-state index in [2.05, 4.69) is 15.6 Å². The number of halogens is 1. The van der Waals surface area contributed by atoms with Crippen LogP contribution in [0.3, 0.4) is 0 Å². The first kappa shape index (κ1) is 17.4. The zero-order valence-electron chi connectivity index (χ0n) is 13.5. The summed E-state index contributed by atoms with van der Waals surface area (Å²) in [7, 11) is 0. The average molecular weight is 368 g/mol. The molecule has 2 amide bonds. The molecular formula is C19H14ClN3O3. The van der Waals surface area contributed by atoms with Crippen molar-refractivity contribution >= 4 is 35.2 Å². The molecule has 0 bridgehead atoms. The molecule has 3 rings (SSSR count). The summed E-state index contributed by atoms with van der Waals surface area (Å²) in [5, 5.41) is 5.83. The fourth-order valence-electron chi connectivity index (χ4n) is 2.11. The molecule has 2 N–H and O–H groups in total. The Morgan fingerprint density at radius 3 is 2.54 bits per heavy atom. The highest BCUT2D eigenvalue weighted by atomic mass is 35.5. The Morgan fingerprint density at radius 2 is 1.88 bits per heavy atom. The number of nitrogens with one attached hydrogen (secondary N) is 2. The van der Waals surface area contributed by atoms with Crippen LogP contribution in [0, 0.1) is 0 Å². The van der Waals surface area contributed by atoms with Crippen molar-refractivity contribution in [2.45, 2.75) is 0 Å². The Hall–Kier alpha value is -3.38. The summed E-state index contributed by atoms with van der Waals surface area (Å²) < 4.78 is 5.06. The molecule has 0 fully saturated rings. The van der Waals surface area contributed by atoms with Crippen LogP contribution in [0.4, 0.5) is 5.69 Å². The lowest BCUT2D eigenvalue weighted by atomic mass is 10.2. The zero-order valence-corrected chi connectivity index (χ0v) is 14.2. The third-order valence-electron chi connectivity index (χ3n) is 3.34. The SMILES string of the molecule is O=C(Nc1ccc(Cl)cc1)C(=Cc1cccnc1)NC(=O)c1ccco1. The molecule has 0 unspecified atom stereocenters. The molecule has 0 aliphatic heterocycles. The van der Waals surface area contributed by atoms with Gasteiger partial charge in [-0.1, -0.05) is 17.7 Å². The third kappa shape index (κ3) is 4.58. The smallest absolute Gasteiger partial charge is 0.291 e. The van der Waals surface area contributed by atoms with Gasteiger partial charge in [0.1, 0.15) is 5.70 Å². The maximum atomic E-state index is 12.6. The quantitative estimate of drug-likeness (QED) is 0.673. The van der Waals surface area contributed by atoms with E-state index in [0.717, 1.165) is 0 Å². The van der Waals surface area contributed by atoms with Gasteiger partial charge in [-0.15, -0.1) is 0 Å². The molecule has 7 heteroatoms. The van der Waals surface area contributed by atoms with E-state index in [-0.39, 0.29) is 11.5 Å². The molecule has 0 spiro atoms. The van der Waals surface area contributed by atoms with E-state index in [4.69, 9.17) is 16.0 Å². The molecular weight excluding hydrogens is 354 g/mol. The number of hydrogen-bond acceptors (Lipinski definition) is 4. The zero-order chi connectivity index (χ0) is 18.4. The second-order valence-electron chi connectivity index (χ2n) is 5.24. The van der Waals surface area contributed by atoms with E-state index in [0.29, 0.717) is 16.3 Å². The first-order valence-corrected chi connectivity index (χ1v) is 8.03. The molecule has 3 aromatic rings. The van der Waals surface area contributed by atoms with Gasteiger partial charge >= 0.3 is 0 Å². The van der Waals surface area contributed by atoms with Gasteiger partial charge in [-0.05, 0) is 54.1 Å². The Morgan fingerprint density at radius 1 is 1.08 bits per heavy atom. The highest BCUT2D eigenvalue weighted by Crippen LogP contribution is 2.15. The van der Waals surface area contributed by atoms with Crippen LogP contribution in [0.25, 0.3) is 6.08 Å². The van der Waals surface area contributed by atoms with E-state index in [1.165, 1.54) is 18.4 Å². The molecule has 26 heavy (non-hydrogen) atoms. The average Bonchev–Trinajstić information content (AvgIpc) is 3.19. The van der Waals surface area contributed by atoms with Crippen LogP contribution < -0.4 is 10.6 Å². The highest BCUT2D eigenvalue weighted by molar-refractivity contribution is 6.30. The van der Waals surface area contributed by atoms with Gasteiger partial charge in [0.25, 0.3) is 11.8 Å². The van der Waals surface area contributed by atoms with Crippen LogP contribution in [0.2, 0.25) is 5.02 Å². The summed E-state index contributed by atoms with van der Waals surface area (Å²) in [6.45, 7) is 0. The third-order valence-corrected chi connectivity index (χ3v) is 3.59. The number of amides is 2. The van der Waals surface area contributed by atoms with E-state index < -0.39 is 11.8 Å². The molecule has 0 aliphatic carbocycles. The van der Waals surface area contributed by atoms with E-state index in [9.17, 15) is 9.59 Å². The number of aromatic nitrogens is 1. The van der Waals surface area contributed by atoms with E-state index in [1.54, 1.807) is 54.9 Å². The summed E-state index contributed by atoms with van der Waals surface area (Å²) in [6.07, 6.45) is 6.10. The van der Waals surface area contributed by atoms with Crippen molar-refractivity contribution in [3.63, 3.8) is 0 Å². The summed E-state index contributed by atoms with van der Waals surface area (Å²) in [4.78, 5) is 28.9. The molecule has 2 aromatic heterocycles. The molecule has 1 aromatic carbocycles. The first-order valence-electron chi connectivity index (χ1n) is 7.65.